The molecule has 5 nitrogen and oxygen atoms in total. The van der Waals surface area contributed by atoms with E-state index < -0.39 is 11.5 Å². The lowest BCUT2D eigenvalue weighted by Crippen LogP contribution is -2.48. The molecule has 0 spiro atoms. The van der Waals surface area contributed by atoms with Crippen molar-refractivity contribution in [1.82, 2.24) is 0 Å². The van der Waals surface area contributed by atoms with E-state index >= 15 is 0 Å². The molecule has 0 unspecified atom stereocenters. The number of carbonyl (C=O) groups is 2. The van der Waals surface area contributed by atoms with Gasteiger partial charge < -0.3 is 15.8 Å². The zero-order chi connectivity index (χ0) is 13.9. The molecule has 1 saturated carbocycles. The van der Waals surface area contributed by atoms with E-state index in [0.717, 1.165) is 12.8 Å². The van der Waals surface area contributed by atoms with Crippen molar-refractivity contribution in [2.45, 2.75) is 38.1 Å². The summed E-state index contributed by atoms with van der Waals surface area (Å²) < 4.78 is 4.94. The number of hydrogen-bond acceptors (Lipinski definition) is 5. The third kappa shape index (κ3) is 2.96. The number of nitrogens with two attached hydrogens (primary N) is 1. The minimum Gasteiger partial charge on any atom is -0.462 e. The van der Waals surface area contributed by atoms with Gasteiger partial charge in [0.15, 0.2) is 0 Å². The number of esters is 1. The first-order valence-electron chi connectivity index (χ1n) is 6.42. The van der Waals surface area contributed by atoms with Gasteiger partial charge in [-0.05, 0) is 31.2 Å². The maximum Gasteiger partial charge on any atom is 0.341 e. The smallest absolute Gasteiger partial charge is 0.341 e. The Morgan fingerprint density at radius 1 is 1.47 bits per heavy atom. The van der Waals surface area contributed by atoms with Gasteiger partial charge in [0.25, 0.3) is 0 Å². The summed E-state index contributed by atoms with van der Waals surface area (Å²) in [5.74, 6) is -0.630. The summed E-state index contributed by atoms with van der Waals surface area (Å²) in [6.07, 6.45) is 3.33. The molecular weight excluding hydrogens is 264 g/mol. The van der Waals surface area contributed by atoms with E-state index in [-0.39, 0.29) is 5.91 Å². The number of thiophene rings is 1. The fraction of sp³-hybridized carbons (Fsp3) is 0.538. The third-order valence-corrected chi connectivity index (χ3v) is 4.17. The Bertz CT molecular complexity index is 478. The molecule has 3 N–H and O–H groups in total. The average Bonchev–Trinajstić information content (AvgIpc) is 2.99. The number of amides is 1. The topological polar surface area (TPSA) is 81.4 Å². The molecule has 0 radical (unpaired) electrons. The highest BCUT2D eigenvalue weighted by Gasteiger charge is 2.37. The van der Waals surface area contributed by atoms with E-state index in [9.17, 15) is 9.59 Å². The number of anilines is 1. The van der Waals surface area contributed by atoms with Gasteiger partial charge in [-0.1, -0.05) is 12.8 Å². The van der Waals surface area contributed by atoms with E-state index in [4.69, 9.17) is 10.5 Å². The van der Waals surface area contributed by atoms with Crippen molar-refractivity contribution in [3.63, 3.8) is 0 Å². The van der Waals surface area contributed by atoms with Crippen LogP contribution in [0.3, 0.4) is 0 Å². The van der Waals surface area contributed by atoms with Gasteiger partial charge >= 0.3 is 5.97 Å². The minimum atomic E-state index is -0.796. The van der Waals surface area contributed by atoms with Crippen LogP contribution in [0.4, 0.5) is 5.00 Å². The zero-order valence-corrected chi connectivity index (χ0v) is 11.7. The number of carbonyl (C=O) groups excluding carboxylic acids is 2. The molecular formula is C13H18N2O3S. The Morgan fingerprint density at radius 2 is 2.16 bits per heavy atom. The van der Waals surface area contributed by atoms with Crippen LogP contribution < -0.4 is 11.1 Å². The van der Waals surface area contributed by atoms with Crippen LogP contribution in [0.5, 0.6) is 0 Å². The summed E-state index contributed by atoms with van der Waals surface area (Å²) in [7, 11) is 0. The van der Waals surface area contributed by atoms with Crippen LogP contribution in [0.2, 0.25) is 0 Å². The Kier molecular flexibility index (Phi) is 4.21. The fourth-order valence-corrected chi connectivity index (χ4v) is 3.01. The minimum absolute atomic E-state index is 0.210. The van der Waals surface area contributed by atoms with Gasteiger partial charge in [0, 0.05) is 0 Å². The predicted molar refractivity (Wildman–Crippen MR) is 74.3 cm³/mol. The van der Waals surface area contributed by atoms with Crippen LogP contribution >= 0.6 is 11.3 Å². The Morgan fingerprint density at radius 3 is 2.79 bits per heavy atom. The molecule has 0 aromatic carbocycles. The summed E-state index contributed by atoms with van der Waals surface area (Å²) >= 11 is 1.30. The molecule has 2 rings (SSSR count). The monoisotopic (exact) mass is 282 g/mol. The lowest BCUT2D eigenvalue weighted by molar-refractivity contribution is -0.120. The van der Waals surface area contributed by atoms with Crippen molar-refractivity contribution >= 4 is 28.2 Å². The summed E-state index contributed by atoms with van der Waals surface area (Å²) in [5, 5.41) is 5.03. The zero-order valence-electron chi connectivity index (χ0n) is 10.9. The molecule has 6 heteroatoms. The molecule has 1 heterocycles. The fourth-order valence-electron chi connectivity index (χ4n) is 2.24. The molecule has 1 fully saturated rings. The SMILES string of the molecule is CCOC(=O)c1ccsc1NC(=O)C1(N)CCCC1. The molecule has 0 atom stereocenters. The van der Waals surface area contributed by atoms with E-state index in [1.54, 1.807) is 18.4 Å². The van der Waals surface area contributed by atoms with Crippen LogP contribution in [0, 0.1) is 0 Å². The van der Waals surface area contributed by atoms with Gasteiger partial charge in [-0.15, -0.1) is 11.3 Å². The average molecular weight is 282 g/mol. The van der Waals surface area contributed by atoms with Gasteiger partial charge in [-0.2, -0.15) is 0 Å². The van der Waals surface area contributed by atoms with Gasteiger partial charge in [0.1, 0.15) is 5.00 Å². The summed E-state index contributed by atoms with van der Waals surface area (Å²) in [6.45, 7) is 2.05. The number of rotatable bonds is 4. The third-order valence-electron chi connectivity index (χ3n) is 3.34. The molecule has 1 amide bonds. The second-order valence-corrected chi connectivity index (χ2v) is 5.62. The summed E-state index contributed by atoms with van der Waals surface area (Å²) in [4.78, 5) is 23.9. The van der Waals surface area contributed by atoms with Crippen LogP contribution in [0.15, 0.2) is 11.4 Å². The largest absolute Gasteiger partial charge is 0.462 e. The van der Waals surface area contributed by atoms with Crippen molar-refractivity contribution in [3.8, 4) is 0 Å². The second-order valence-electron chi connectivity index (χ2n) is 4.70. The number of ether oxygens (including phenoxy) is 1. The first-order valence-corrected chi connectivity index (χ1v) is 7.30. The standard InChI is InChI=1S/C13H18N2O3S/c1-2-18-11(16)9-5-8-19-10(9)15-12(17)13(14)6-3-4-7-13/h5,8H,2-4,6-7,14H2,1H3,(H,15,17). The second kappa shape index (κ2) is 5.71. The van der Waals surface area contributed by atoms with Crippen molar-refractivity contribution in [1.29, 1.82) is 0 Å². The molecule has 1 aromatic heterocycles. The van der Waals surface area contributed by atoms with Gasteiger partial charge in [0.2, 0.25) is 5.91 Å². The number of nitrogens with one attached hydrogen (secondary N) is 1. The van der Waals surface area contributed by atoms with Crippen molar-refractivity contribution in [2.75, 3.05) is 11.9 Å². The normalized spacial score (nSPS) is 17.2. The maximum absolute atomic E-state index is 12.2. The van der Waals surface area contributed by atoms with Crippen LogP contribution in [-0.2, 0) is 9.53 Å². The van der Waals surface area contributed by atoms with Gasteiger partial charge in [0.05, 0.1) is 17.7 Å². The maximum atomic E-state index is 12.2. The Hall–Kier alpha value is -1.40. The molecule has 0 saturated heterocycles. The highest BCUT2D eigenvalue weighted by atomic mass is 32.1. The van der Waals surface area contributed by atoms with Crippen LogP contribution in [-0.4, -0.2) is 24.0 Å². The Labute approximate surface area is 116 Å². The first kappa shape index (κ1) is 14.0. The van der Waals surface area contributed by atoms with Crippen LogP contribution in [0.25, 0.3) is 0 Å². The molecule has 104 valence electrons. The predicted octanol–water partition coefficient (Wildman–Crippen LogP) is 2.13. The van der Waals surface area contributed by atoms with E-state index in [1.165, 1.54) is 11.3 Å². The summed E-state index contributed by atoms with van der Waals surface area (Å²) in [5.41, 5.74) is 5.68. The molecule has 0 bridgehead atoms. The summed E-state index contributed by atoms with van der Waals surface area (Å²) in [6, 6.07) is 1.65. The quantitative estimate of drug-likeness (QED) is 0.829. The van der Waals surface area contributed by atoms with Crippen molar-refractivity contribution in [2.24, 2.45) is 5.73 Å². The van der Waals surface area contributed by atoms with Crippen LogP contribution in [0.1, 0.15) is 43.0 Å². The van der Waals surface area contributed by atoms with Gasteiger partial charge in [-0.3, -0.25) is 4.79 Å². The first-order chi connectivity index (χ1) is 9.07. The molecule has 1 aliphatic rings. The Balaban J connectivity index is 2.09. The van der Waals surface area contributed by atoms with E-state index in [2.05, 4.69) is 5.32 Å². The van der Waals surface area contributed by atoms with Crippen molar-refractivity contribution < 1.29 is 14.3 Å². The van der Waals surface area contributed by atoms with Gasteiger partial charge in [-0.25, -0.2) is 4.79 Å². The lowest BCUT2D eigenvalue weighted by Gasteiger charge is -2.22. The molecule has 19 heavy (non-hydrogen) atoms. The van der Waals surface area contributed by atoms with Crippen molar-refractivity contribution in [3.05, 3.63) is 17.0 Å². The lowest BCUT2D eigenvalue weighted by atomic mass is 9.98. The molecule has 1 aromatic rings. The van der Waals surface area contributed by atoms with E-state index in [0.29, 0.717) is 30.0 Å². The highest BCUT2D eigenvalue weighted by molar-refractivity contribution is 7.14. The highest BCUT2D eigenvalue weighted by Crippen LogP contribution is 2.30. The van der Waals surface area contributed by atoms with E-state index in [1.807, 2.05) is 0 Å². The number of hydrogen-bond donors (Lipinski definition) is 2. The molecule has 0 aliphatic heterocycles. The molecule has 1 aliphatic carbocycles.